The van der Waals surface area contributed by atoms with Crippen molar-refractivity contribution in [2.45, 2.75) is 31.5 Å². The average molecular weight is 262 g/mol. The summed E-state index contributed by atoms with van der Waals surface area (Å²) in [6.45, 7) is 1.82. The molecule has 1 saturated heterocycles. The molecule has 102 valence electrons. The van der Waals surface area contributed by atoms with Gasteiger partial charge in [0.05, 0.1) is 6.54 Å². The summed E-state index contributed by atoms with van der Waals surface area (Å²) in [6, 6.07) is 8.75. The minimum Gasteiger partial charge on any atom is -0.490 e. The van der Waals surface area contributed by atoms with Gasteiger partial charge < -0.3 is 20.1 Å². The van der Waals surface area contributed by atoms with E-state index in [4.69, 9.17) is 9.47 Å². The predicted molar refractivity (Wildman–Crippen MR) is 70.1 cm³/mol. The van der Waals surface area contributed by atoms with Crippen molar-refractivity contribution in [1.29, 1.82) is 0 Å². The van der Waals surface area contributed by atoms with Crippen LogP contribution in [-0.2, 0) is 11.3 Å². The molecule has 1 amide bonds. The minimum atomic E-state index is -0.366. The molecule has 2 aliphatic rings. The minimum absolute atomic E-state index is 0.191. The number of carbonyl (C=O) groups is 1. The molecule has 1 aromatic rings. The molecule has 0 aromatic heterocycles. The Morgan fingerprint density at radius 1 is 1.32 bits per heavy atom. The van der Waals surface area contributed by atoms with E-state index in [2.05, 4.69) is 22.8 Å². The van der Waals surface area contributed by atoms with E-state index in [1.54, 1.807) is 0 Å². The maximum Gasteiger partial charge on any atom is 0.407 e. The van der Waals surface area contributed by atoms with Crippen LogP contribution in [0.4, 0.5) is 4.79 Å². The monoisotopic (exact) mass is 262 g/mol. The fourth-order valence-electron chi connectivity index (χ4n) is 1.97. The van der Waals surface area contributed by atoms with E-state index < -0.39 is 0 Å². The van der Waals surface area contributed by atoms with Gasteiger partial charge in [0.15, 0.2) is 6.10 Å². The molecule has 0 radical (unpaired) electrons. The zero-order chi connectivity index (χ0) is 13.1. The summed E-state index contributed by atoms with van der Waals surface area (Å²) < 4.78 is 10.6. The number of hydrogen-bond donors (Lipinski definition) is 2. The second-order valence-corrected chi connectivity index (χ2v) is 5.02. The largest absolute Gasteiger partial charge is 0.490 e. The molecule has 3 rings (SSSR count). The van der Waals surface area contributed by atoms with Crippen LogP contribution in [0.2, 0.25) is 0 Å². The highest BCUT2D eigenvalue weighted by Crippen LogP contribution is 2.20. The van der Waals surface area contributed by atoms with Crippen LogP contribution >= 0.6 is 0 Å². The Hall–Kier alpha value is -1.75. The fraction of sp³-hybridized carbons (Fsp3) is 0.500. The molecule has 1 aliphatic carbocycles. The number of benzene rings is 1. The van der Waals surface area contributed by atoms with Crippen LogP contribution in [0.3, 0.4) is 0 Å². The molecule has 5 nitrogen and oxygen atoms in total. The van der Waals surface area contributed by atoms with E-state index in [-0.39, 0.29) is 12.2 Å². The molecule has 1 aliphatic heterocycles. The lowest BCUT2D eigenvalue weighted by Crippen LogP contribution is -2.22. The average Bonchev–Trinajstić information content (AvgIpc) is 3.17. The highest BCUT2D eigenvalue weighted by atomic mass is 16.6. The third-order valence-electron chi connectivity index (χ3n) is 3.28. The topological polar surface area (TPSA) is 59.6 Å². The Bertz CT molecular complexity index is 443. The first-order valence-electron chi connectivity index (χ1n) is 6.69. The van der Waals surface area contributed by atoms with Crippen molar-refractivity contribution in [3.8, 4) is 5.75 Å². The lowest BCUT2D eigenvalue weighted by atomic mass is 10.2. The van der Waals surface area contributed by atoms with Crippen LogP contribution in [0.25, 0.3) is 0 Å². The summed E-state index contributed by atoms with van der Waals surface area (Å²) in [7, 11) is 0. The number of nitrogens with one attached hydrogen (secondary N) is 2. The Morgan fingerprint density at radius 2 is 2.11 bits per heavy atom. The summed E-state index contributed by atoms with van der Waals surface area (Å²) in [5.74, 6) is 0.804. The number of rotatable bonds is 6. The Morgan fingerprint density at radius 3 is 2.74 bits per heavy atom. The van der Waals surface area contributed by atoms with Crippen LogP contribution < -0.4 is 15.4 Å². The molecular formula is C14H18N2O3. The number of carbonyl (C=O) groups excluding carboxylic acids is 1. The van der Waals surface area contributed by atoms with E-state index in [0.717, 1.165) is 18.3 Å². The van der Waals surface area contributed by atoms with Crippen LogP contribution in [0, 0.1) is 0 Å². The molecule has 1 atom stereocenters. The van der Waals surface area contributed by atoms with Gasteiger partial charge >= 0.3 is 6.09 Å². The third-order valence-corrected chi connectivity index (χ3v) is 3.28. The smallest absolute Gasteiger partial charge is 0.407 e. The van der Waals surface area contributed by atoms with Crippen molar-refractivity contribution >= 4 is 6.09 Å². The third kappa shape index (κ3) is 3.61. The van der Waals surface area contributed by atoms with Gasteiger partial charge in [0.25, 0.3) is 0 Å². The summed E-state index contributed by atoms with van der Waals surface area (Å²) >= 11 is 0. The normalized spacial score (nSPS) is 21.9. The number of hydrogen-bond acceptors (Lipinski definition) is 4. The summed E-state index contributed by atoms with van der Waals surface area (Å²) in [5, 5.41) is 6.07. The number of cyclic esters (lactones) is 1. The van der Waals surface area contributed by atoms with Crippen LogP contribution in [0.15, 0.2) is 24.3 Å². The van der Waals surface area contributed by atoms with E-state index in [1.807, 2.05) is 12.1 Å². The molecule has 2 fully saturated rings. The first-order valence-corrected chi connectivity index (χ1v) is 6.69. The standard InChI is InChI=1S/C14H18N2O3/c17-14-16-8-13(19-14)9-18-12-5-1-10(2-6-12)7-15-11-3-4-11/h1-2,5-6,11,13,15H,3-4,7-9H2,(H,16,17). The molecule has 0 spiro atoms. The van der Waals surface area contributed by atoms with E-state index >= 15 is 0 Å². The quantitative estimate of drug-likeness (QED) is 0.814. The van der Waals surface area contributed by atoms with Gasteiger partial charge in [-0.2, -0.15) is 0 Å². The molecule has 2 N–H and O–H groups in total. The highest BCUT2D eigenvalue weighted by Gasteiger charge is 2.23. The molecule has 5 heteroatoms. The van der Waals surface area contributed by atoms with Crippen molar-refractivity contribution in [1.82, 2.24) is 10.6 Å². The fourth-order valence-corrected chi connectivity index (χ4v) is 1.97. The number of alkyl carbamates (subject to hydrolysis) is 1. The molecular weight excluding hydrogens is 244 g/mol. The maximum atomic E-state index is 10.8. The van der Waals surface area contributed by atoms with Crippen molar-refractivity contribution in [2.24, 2.45) is 0 Å². The zero-order valence-electron chi connectivity index (χ0n) is 10.7. The molecule has 0 bridgehead atoms. The number of ether oxygens (including phenoxy) is 2. The van der Waals surface area contributed by atoms with Gasteiger partial charge in [-0.05, 0) is 30.5 Å². The summed E-state index contributed by atoms with van der Waals surface area (Å²) in [6.07, 6.45) is 2.05. The summed E-state index contributed by atoms with van der Waals surface area (Å²) in [4.78, 5) is 10.8. The lowest BCUT2D eigenvalue weighted by molar-refractivity contribution is 0.105. The van der Waals surface area contributed by atoms with Crippen LogP contribution in [0.5, 0.6) is 5.75 Å². The van der Waals surface area contributed by atoms with E-state index in [0.29, 0.717) is 13.2 Å². The first-order chi connectivity index (χ1) is 9.29. The van der Waals surface area contributed by atoms with Gasteiger partial charge in [-0.1, -0.05) is 12.1 Å². The number of amides is 1. The van der Waals surface area contributed by atoms with Crippen molar-refractivity contribution in [3.05, 3.63) is 29.8 Å². The van der Waals surface area contributed by atoms with Gasteiger partial charge in [-0.3, -0.25) is 0 Å². The molecule has 1 heterocycles. The highest BCUT2D eigenvalue weighted by molar-refractivity contribution is 5.69. The van der Waals surface area contributed by atoms with Gasteiger partial charge in [-0.15, -0.1) is 0 Å². The van der Waals surface area contributed by atoms with Crippen molar-refractivity contribution in [3.63, 3.8) is 0 Å². The maximum absolute atomic E-state index is 10.8. The van der Waals surface area contributed by atoms with E-state index in [1.165, 1.54) is 18.4 Å². The first kappa shape index (κ1) is 12.3. The van der Waals surface area contributed by atoms with Crippen LogP contribution in [-0.4, -0.2) is 31.4 Å². The zero-order valence-corrected chi connectivity index (χ0v) is 10.7. The molecule has 1 aromatic carbocycles. The van der Waals surface area contributed by atoms with Crippen molar-refractivity contribution < 1.29 is 14.3 Å². The van der Waals surface area contributed by atoms with Gasteiger partial charge in [0.1, 0.15) is 12.4 Å². The predicted octanol–water partition coefficient (Wildman–Crippen LogP) is 1.43. The summed E-state index contributed by atoms with van der Waals surface area (Å²) in [5.41, 5.74) is 1.26. The Balaban J connectivity index is 1.44. The van der Waals surface area contributed by atoms with Crippen LogP contribution in [0.1, 0.15) is 18.4 Å². The lowest BCUT2D eigenvalue weighted by Gasteiger charge is -2.10. The molecule has 19 heavy (non-hydrogen) atoms. The Labute approximate surface area is 112 Å². The SMILES string of the molecule is O=C1NCC(COc2ccc(CNC3CC3)cc2)O1. The second kappa shape index (κ2) is 5.48. The van der Waals surface area contributed by atoms with Gasteiger partial charge in [0, 0.05) is 12.6 Å². The molecule has 1 saturated carbocycles. The molecule has 1 unspecified atom stereocenters. The van der Waals surface area contributed by atoms with Gasteiger partial charge in [-0.25, -0.2) is 4.79 Å². The second-order valence-electron chi connectivity index (χ2n) is 5.02. The Kier molecular flexibility index (Phi) is 3.55. The van der Waals surface area contributed by atoms with Gasteiger partial charge in [0.2, 0.25) is 0 Å². The van der Waals surface area contributed by atoms with E-state index in [9.17, 15) is 4.79 Å². The van der Waals surface area contributed by atoms with Crippen molar-refractivity contribution in [2.75, 3.05) is 13.2 Å².